The van der Waals surface area contributed by atoms with Crippen molar-refractivity contribution in [2.45, 2.75) is 6.42 Å². The lowest BCUT2D eigenvalue weighted by Crippen LogP contribution is -2.30. The maximum atomic E-state index is 11.5. The fraction of sp³-hybridized carbons (Fsp3) is 0.462. The SMILES string of the molecule is O=C1CC(CO)CN1CCOc1ccccc1. The molecule has 1 aliphatic heterocycles. The van der Waals surface area contributed by atoms with Gasteiger partial charge in [-0.1, -0.05) is 18.2 Å². The van der Waals surface area contributed by atoms with Crippen molar-refractivity contribution in [3.05, 3.63) is 30.3 Å². The minimum Gasteiger partial charge on any atom is -0.492 e. The Bertz CT molecular complexity index is 366. The minimum absolute atomic E-state index is 0.0851. The molecule has 0 bridgehead atoms. The van der Waals surface area contributed by atoms with Crippen LogP contribution >= 0.6 is 0 Å². The maximum Gasteiger partial charge on any atom is 0.223 e. The number of rotatable bonds is 5. The molecule has 0 saturated carbocycles. The van der Waals surface area contributed by atoms with Gasteiger partial charge in [0.25, 0.3) is 0 Å². The van der Waals surface area contributed by atoms with Gasteiger partial charge in [0.15, 0.2) is 0 Å². The molecule has 2 rings (SSSR count). The van der Waals surface area contributed by atoms with Gasteiger partial charge < -0.3 is 14.7 Å². The first-order valence-corrected chi connectivity index (χ1v) is 5.86. The number of likely N-dealkylation sites (tertiary alicyclic amines) is 1. The van der Waals surface area contributed by atoms with Crippen LogP contribution in [0.3, 0.4) is 0 Å². The van der Waals surface area contributed by atoms with Crippen molar-refractivity contribution in [3.63, 3.8) is 0 Å². The number of ether oxygens (including phenoxy) is 1. The van der Waals surface area contributed by atoms with Crippen LogP contribution in [0.1, 0.15) is 6.42 Å². The maximum absolute atomic E-state index is 11.5. The van der Waals surface area contributed by atoms with E-state index in [-0.39, 0.29) is 18.4 Å². The van der Waals surface area contributed by atoms with Crippen LogP contribution < -0.4 is 4.74 Å². The number of aliphatic hydroxyl groups is 1. The highest BCUT2D eigenvalue weighted by Gasteiger charge is 2.28. The average molecular weight is 235 g/mol. The molecule has 1 amide bonds. The third kappa shape index (κ3) is 3.20. The zero-order valence-corrected chi connectivity index (χ0v) is 9.71. The van der Waals surface area contributed by atoms with E-state index < -0.39 is 0 Å². The van der Waals surface area contributed by atoms with Crippen molar-refractivity contribution in [1.82, 2.24) is 4.90 Å². The Hall–Kier alpha value is -1.55. The normalized spacial score (nSPS) is 19.7. The van der Waals surface area contributed by atoms with Gasteiger partial charge in [-0.2, -0.15) is 0 Å². The summed E-state index contributed by atoms with van der Waals surface area (Å²) in [6, 6.07) is 9.55. The molecule has 0 aromatic heterocycles. The number of carbonyl (C=O) groups excluding carboxylic acids is 1. The minimum atomic E-state index is 0.0851. The van der Waals surface area contributed by atoms with Crippen LogP contribution in [-0.2, 0) is 4.79 Å². The zero-order chi connectivity index (χ0) is 12.1. The largest absolute Gasteiger partial charge is 0.492 e. The standard InChI is InChI=1S/C13H17NO3/c15-10-11-8-13(16)14(9-11)6-7-17-12-4-2-1-3-5-12/h1-5,11,15H,6-10H2. The molecule has 1 aliphatic rings. The monoisotopic (exact) mass is 235 g/mol. The lowest BCUT2D eigenvalue weighted by molar-refractivity contribution is -0.128. The smallest absolute Gasteiger partial charge is 0.223 e. The van der Waals surface area contributed by atoms with Crippen molar-refractivity contribution in [2.75, 3.05) is 26.3 Å². The van der Waals surface area contributed by atoms with Gasteiger partial charge in [-0.25, -0.2) is 0 Å². The lowest BCUT2D eigenvalue weighted by atomic mass is 10.1. The van der Waals surface area contributed by atoms with E-state index >= 15 is 0 Å². The fourth-order valence-corrected chi connectivity index (χ4v) is 1.98. The third-order valence-electron chi connectivity index (χ3n) is 2.93. The van der Waals surface area contributed by atoms with Crippen molar-refractivity contribution < 1.29 is 14.6 Å². The molecule has 0 spiro atoms. The Labute approximate surface area is 101 Å². The van der Waals surface area contributed by atoms with E-state index in [4.69, 9.17) is 9.84 Å². The van der Waals surface area contributed by atoms with E-state index in [2.05, 4.69) is 0 Å². The average Bonchev–Trinajstić information content (AvgIpc) is 2.72. The first-order valence-electron chi connectivity index (χ1n) is 5.86. The molecule has 1 aromatic carbocycles. The van der Waals surface area contributed by atoms with Gasteiger partial charge in [0.2, 0.25) is 5.91 Å². The van der Waals surface area contributed by atoms with E-state index in [0.29, 0.717) is 26.1 Å². The van der Waals surface area contributed by atoms with Gasteiger partial charge in [-0.05, 0) is 12.1 Å². The molecule has 17 heavy (non-hydrogen) atoms. The highest BCUT2D eigenvalue weighted by Crippen LogP contribution is 2.16. The van der Waals surface area contributed by atoms with Crippen LogP contribution in [0.4, 0.5) is 0 Å². The molecule has 0 aliphatic carbocycles. The van der Waals surface area contributed by atoms with E-state index in [1.807, 2.05) is 30.3 Å². The van der Waals surface area contributed by atoms with Gasteiger partial charge in [0.05, 0.1) is 6.54 Å². The Morgan fingerprint density at radius 3 is 2.76 bits per heavy atom. The number of benzene rings is 1. The molecular weight excluding hydrogens is 218 g/mol. The second-order valence-corrected chi connectivity index (χ2v) is 4.25. The fourth-order valence-electron chi connectivity index (χ4n) is 1.98. The molecule has 1 atom stereocenters. The van der Waals surface area contributed by atoms with E-state index in [1.165, 1.54) is 0 Å². The Morgan fingerprint density at radius 1 is 1.35 bits per heavy atom. The van der Waals surface area contributed by atoms with Gasteiger partial charge in [-0.3, -0.25) is 4.79 Å². The van der Waals surface area contributed by atoms with Crippen LogP contribution in [-0.4, -0.2) is 42.2 Å². The highest BCUT2D eigenvalue weighted by molar-refractivity contribution is 5.78. The molecule has 0 radical (unpaired) electrons. The van der Waals surface area contributed by atoms with E-state index in [1.54, 1.807) is 4.90 Å². The molecule has 4 heteroatoms. The van der Waals surface area contributed by atoms with Crippen LogP contribution in [0.15, 0.2) is 30.3 Å². The highest BCUT2D eigenvalue weighted by atomic mass is 16.5. The quantitative estimate of drug-likeness (QED) is 0.825. The molecule has 1 aromatic rings. The van der Waals surface area contributed by atoms with Gasteiger partial charge in [0, 0.05) is 25.5 Å². The Kier molecular flexibility index (Phi) is 3.98. The Morgan fingerprint density at radius 2 is 2.12 bits per heavy atom. The number of para-hydroxylation sites is 1. The number of aliphatic hydroxyl groups excluding tert-OH is 1. The third-order valence-corrected chi connectivity index (χ3v) is 2.93. The molecule has 1 fully saturated rings. The van der Waals surface area contributed by atoms with Crippen LogP contribution in [0, 0.1) is 5.92 Å². The van der Waals surface area contributed by atoms with E-state index in [0.717, 1.165) is 5.75 Å². The first kappa shape index (κ1) is 11.9. The van der Waals surface area contributed by atoms with E-state index in [9.17, 15) is 4.79 Å². The topological polar surface area (TPSA) is 49.8 Å². The predicted molar refractivity (Wildman–Crippen MR) is 63.7 cm³/mol. The number of hydrogen-bond acceptors (Lipinski definition) is 3. The molecule has 92 valence electrons. The molecular formula is C13H17NO3. The summed E-state index contributed by atoms with van der Waals surface area (Å²) in [6.45, 7) is 1.81. The number of hydrogen-bond donors (Lipinski definition) is 1. The van der Waals surface area contributed by atoms with Crippen LogP contribution in [0.2, 0.25) is 0 Å². The summed E-state index contributed by atoms with van der Waals surface area (Å²) in [4.78, 5) is 13.3. The first-order chi connectivity index (χ1) is 8.29. The summed E-state index contributed by atoms with van der Waals surface area (Å²) in [5.41, 5.74) is 0. The number of carbonyl (C=O) groups is 1. The number of nitrogens with zero attached hydrogens (tertiary/aromatic N) is 1. The molecule has 1 saturated heterocycles. The zero-order valence-electron chi connectivity index (χ0n) is 9.71. The van der Waals surface area contributed by atoms with Gasteiger partial charge in [0.1, 0.15) is 12.4 Å². The second-order valence-electron chi connectivity index (χ2n) is 4.25. The van der Waals surface area contributed by atoms with Crippen LogP contribution in [0.25, 0.3) is 0 Å². The summed E-state index contributed by atoms with van der Waals surface area (Å²) in [5, 5.41) is 8.99. The molecule has 1 unspecified atom stereocenters. The molecule has 1 N–H and O–H groups in total. The second kappa shape index (κ2) is 5.68. The van der Waals surface area contributed by atoms with Crippen molar-refractivity contribution in [3.8, 4) is 5.75 Å². The summed E-state index contributed by atoms with van der Waals surface area (Å²) >= 11 is 0. The van der Waals surface area contributed by atoms with Gasteiger partial charge >= 0.3 is 0 Å². The lowest BCUT2D eigenvalue weighted by Gasteiger charge is -2.16. The summed E-state index contributed by atoms with van der Waals surface area (Å²) in [5.74, 6) is 1.03. The summed E-state index contributed by atoms with van der Waals surface area (Å²) in [7, 11) is 0. The van der Waals surface area contributed by atoms with Crippen molar-refractivity contribution in [2.24, 2.45) is 5.92 Å². The van der Waals surface area contributed by atoms with Crippen molar-refractivity contribution in [1.29, 1.82) is 0 Å². The Balaban J connectivity index is 1.74. The number of amides is 1. The van der Waals surface area contributed by atoms with Crippen molar-refractivity contribution >= 4 is 5.91 Å². The van der Waals surface area contributed by atoms with Crippen LogP contribution in [0.5, 0.6) is 5.75 Å². The van der Waals surface area contributed by atoms with Gasteiger partial charge in [-0.15, -0.1) is 0 Å². The predicted octanol–water partition coefficient (Wildman–Crippen LogP) is 0.906. The molecule has 4 nitrogen and oxygen atoms in total. The summed E-state index contributed by atoms with van der Waals surface area (Å²) in [6.07, 6.45) is 0.460. The summed E-state index contributed by atoms with van der Waals surface area (Å²) < 4.78 is 5.53. The molecule has 1 heterocycles.